The lowest BCUT2D eigenvalue weighted by molar-refractivity contribution is 0.0697. The highest BCUT2D eigenvalue weighted by Crippen LogP contribution is 2.30. The molecule has 0 fully saturated rings. The van der Waals surface area contributed by atoms with Gasteiger partial charge in [-0.3, -0.25) is 0 Å². The van der Waals surface area contributed by atoms with Gasteiger partial charge in [-0.2, -0.15) is 0 Å². The summed E-state index contributed by atoms with van der Waals surface area (Å²) < 4.78 is 8.08. The SMILES string of the molecule is Cc1oc(-c2ccccc2)nc1Cn1c(C)nc2c(C)cc(-c3cccc(C(=O)O)c3)cc21. The van der Waals surface area contributed by atoms with Crippen LogP contribution in [-0.4, -0.2) is 25.6 Å². The first kappa shape index (κ1) is 20.7. The second-order valence-corrected chi connectivity index (χ2v) is 8.18. The molecule has 0 saturated carbocycles. The molecule has 0 atom stereocenters. The normalized spacial score (nSPS) is 11.2. The van der Waals surface area contributed by atoms with Crippen molar-refractivity contribution in [1.82, 2.24) is 14.5 Å². The number of aromatic carboxylic acids is 1. The zero-order valence-electron chi connectivity index (χ0n) is 18.7. The summed E-state index contributed by atoms with van der Waals surface area (Å²) in [5, 5.41) is 9.37. The molecule has 0 spiro atoms. The minimum atomic E-state index is -0.939. The molecule has 6 heteroatoms. The Morgan fingerprint density at radius 3 is 2.42 bits per heavy atom. The predicted molar refractivity (Wildman–Crippen MR) is 127 cm³/mol. The third kappa shape index (κ3) is 3.80. The molecule has 0 amide bonds. The number of imidazole rings is 1. The van der Waals surface area contributed by atoms with Crippen LogP contribution in [0.15, 0.2) is 71.1 Å². The highest BCUT2D eigenvalue weighted by molar-refractivity contribution is 5.91. The zero-order valence-corrected chi connectivity index (χ0v) is 18.7. The monoisotopic (exact) mass is 437 g/mol. The van der Waals surface area contributed by atoms with Gasteiger partial charge in [0.15, 0.2) is 0 Å². The Morgan fingerprint density at radius 1 is 0.909 bits per heavy atom. The molecule has 2 aromatic heterocycles. The maximum Gasteiger partial charge on any atom is 0.335 e. The van der Waals surface area contributed by atoms with Crippen molar-refractivity contribution in [2.24, 2.45) is 0 Å². The molecule has 33 heavy (non-hydrogen) atoms. The van der Waals surface area contributed by atoms with Crippen LogP contribution in [0.25, 0.3) is 33.6 Å². The Labute approximate surface area is 191 Å². The van der Waals surface area contributed by atoms with E-state index in [9.17, 15) is 9.90 Å². The number of carbonyl (C=O) groups is 1. The third-order valence-corrected chi connectivity index (χ3v) is 5.90. The van der Waals surface area contributed by atoms with Gasteiger partial charge in [-0.25, -0.2) is 14.8 Å². The van der Waals surface area contributed by atoms with E-state index in [1.165, 1.54) is 0 Å². The summed E-state index contributed by atoms with van der Waals surface area (Å²) in [7, 11) is 0. The van der Waals surface area contributed by atoms with Crippen LogP contribution in [0.5, 0.6) is 0 Å². The number of nitrogens with zero attached hydrogens (tertiary/aromatic N) is 3. The predicted octanol–water partition coefficient (Wildman–Crippen LogP) is 6.03. The lowest BCUT2D eigenvalue weighted by Gasteiger charge is -2.09. The number of aromatic nitrogens is 3. The number of fused-ring (bicyclic) bond motifs is 1. The Kier molecular flexibility index (Phi) is 5.05. The zero-order chi connectivity index (χ0) is 23.1. The quantitative estimate of drug-likeness (QED) is 0.363. The molecule has 0 aliphatic heterocycles. The molecular formula is C27H23N3O3. The van der Waals surface area contributed by atoms with Gasteiger partial charge in [0.05, 0.1) is 23.1 Å². The van der Waals surface area contributed by atoms with Gasteiger partial charge in [-0.15, -0.1) is 0 Å². The Bertz CT molecular complexity index is 1500. The molecule has 3 aromatic carbocycles. The minimum absolute atomic E-state index is 0.265. The van der Waals surface area contributed by atoms with Gasteiger partial charge in [0.25, 0.3) is 0 Å². The molecule has 5 rings (SSSR count). The van der Waals surface area contributed by atoms with Gasteiger partial charge in [0.1, 0.15) is 17.3 Å². The van der Waals surface area contributed by atoms with Gasteiger partial charge >= 0.3 is 5.97 Å². The fourth-order valence-electron chi connectivity index (χ4n) is 4.14. The Hall–Kier alpha value is -4.19. The average molecular weight is 437 g/mol. The van der Waals surface area contributed by atoms with Crippen LogP contribution >= 0.6 is 0 Å². The van der Waals surface area contributed by atoms with Crippen LogP contribution in [0, 0.1) is 20.8 Å². The summed E-state index contributed by atoms with van der Waals surface area (Å²) in [6.07, 6.45) is 0. The summed E-state index contributed by atoms with van der Waals surface area (Å²) in [4.78, 5) is 21.0. The van der Waals surface area contributed by atoms with Crippen LogP contribution in [0.1, 0.15) is 33.2 Å². The van der Waals surface area contributed by atoms with Crippen molar-refractivity contribution in [2.45, 2.75) is 27.3 Å². The van der Waals surface area contributed by atoms with E-state index < -0.39 is 5.97 Å². The van der Waals surface area contributed by atoms with Crippen molar-refractivity contribution in [2.75, 3.05) is 0 Å². The Morgan fingerprint density at radius 2 is 1.67 bits per heavy atom. The summed E-state index contributed by atoms with van der Waals surface area (Å²) in [6.45, 7) is 6.47. The smallest absolute Gasteiger partial charge is 0.335 e. The van der Waals surface area contributed by atoms with Crippen LogP contribution in [0.2, 0.25) is 0 Å². The summed E-state index contributed by atoms with van der Waals surface area (Å²) in [5.41, 5.74) is 6.80. The van der Waals surface area contributed by atoms with E-state index in [2.05, 4.69) is 16.7 Å². The van der Waals surface area contributed by atoms with E-state index in [-0.39, 0.29) is 5.56 Å². The number of hydrogen-bond acceptors (Lipinski definition) is 4. The molecule has 1 N–H and O–H groups in total. The lowest BCUT2D eigenvalue weighted by Crippen LogP contribution is -2.04. The molecule has 0 radical (unpaired) electrons. The molecule has 164 valence electrons. The van der Waals surface area contributed by atoms with E-state index in [0.29, 0.717) is 12.4 Å². The maximum absolute atomic E-state index is 11.4. The molecule has 5 aromatic rings. The molecule has 0 saturated heterocycles. The van der Waals surface area contributed by atoms with Crippen molar-refractivity contribution >= 4 is 17.0 Å². The number of benzene rings is 3. The van der Waals surface area contributed by atoms with E-state index in [1.807, 2.05) is 57.2 Å². The minimum Gasteiger partial charge on any atom is -0.478 e. The standard InChI is InChI=1S/C27H23N3O3/c1-16-12-22(20-10-7-11-21(13-20)27(31)32)14-24-25(16)28-18(3)30(24)15-23-17(2)33-26(29-23)19-8-5-4-6-9-19/h4-14H,15H2,1-3H3,(H,31,32). The highest BCUT2D eigenvalue weighted by atomic mass is 16.4. The van der Waals surface area contributed by atoms with E-state index in [1.54, 1.807) is 18.2 Å². The summed E-state index contributed by atoms with van der Waals surface area (Å²) in [5.74, 6) is 1.32. The van der Waals surface area contributed by atoms with Gasteiger partial charge in [-0.05, 0) is 73.9 Å². The third-order valence-electron chi connectivity index (χ3n) is 5.90. The van der Waals surface area contributed by atoms with Crippen molar-refractivity contribution < 1.29 is 14.3 Å². The number of carboxylic acid groups (broad SMARTS) is 1. The number of carboxylic acids is 1. The molecule has 0 aliphatic carbocycles. The molecule has 0 aliphatic rings. The van der Waals surface area contributed by atoms with Gasteiger partial charge < -0.3 is 14.1 Å². The van der Waals surface area contributed by atoms with E-state index in [4.69, 9.17) is 14.4 Å². The fourth-order valence-corrected chi connectivity index (χ4v) is 4.14. The van der Waals surface area contributed by atoms with Crippen molar-refractivity contribution in [3.63, 3.8) is 0 Å². The largest absolute Gasteiger partial charge is 0.478 e. The summed E-state index contributed by atoms with van der Waals surface area (Å²) in [6, 6.07) is 21.0. The van der Waals surface area contributed by atoms with Crippen LogP contribution in [0.3, 0.4) is 0 Å². The second-order valence-electron chi connectivity index (χ2n) is 8.18. The first-order valence-corrected chi connectivity index (χ1v) is 10.7. The van der Waals surface area contributed by atoms with Crippen molar-refractivity contribution in [1.29, 1.82) is 0 Å². The molecule has 6 nitrogen and oxygen atoms in total. The summed E-state index contributed by atoms with van der Waals surface area (Å²) >= 11 is 0. The first-order chi connectivity index (χ1) is 15.9. The van der Waals surface area contributed by atoms with Gasteiger partial charge in [0, 0.05) is 5.56 Å². The topological polar surface area (TPSA) is 81.2 Å². The molecule has 0 unspecified atom stereocenters. The highest BCUT2D eigenvalue weighted by Gasteiger charge is 2.17. The van der Waals surface area contributed by atoms with Crippen LogP contribution in [0.4, 0.5) is 0 Å². The van der Waals surface area contributed by atoms with Crippen molar-refractivity contribution in [3.8, 4) is 22.6 Å². The Balaban J connectivity index is 1.58. The molecule has 0 bridgehead atoms. The van der Waals surface area contributed by atoms with Crippen LogP contribution < -0.4 is 0 Å². The number of oxazole rings is 1. The maximum atomic E-state index is 11.4. The molecular weight excluding hydrogens is 414 g/mol. The van der Waals surface area contributed by atoms with Gasteiger partial charge in [-0.1, -0.05) is 30.3 Å². The molecule has 2 heterocycles. The van der Waals surface area contributed by atoms with Crippen LogP contribution in [-0.2, 0) is 6.54 Å². The number of aryl methyl sites for hydroxylation is 3. The lowest BCUT2D eigenvalue weighted by atomic mass is 10.0. The van der Waals surface area contributed by atoms with E-state index in [0.717, 1.165) is 50.6 Å². The van der Waals surface area contributed by atoms with E-state index >= 15 is 0 Å². The fraction of sp³-hybridized carbons (Fsp3) is 0.148. The van der Waals surface area contributed by atoms with Crippen molar-refractivity contribution in [3.05, 3.63) is 95.1 Å². The average Bonchev–Trinajstić information content (AvgIpc) is 3.34. The number of hydrogen-bond donors (Lipinski definition) is 1. The second kappa shape index (κ2) is 8.06. The van der Waals surface area contributed by atoms with Gasteiger partial charge in [0.2, 0.25) is 5.89 Å². The number of rotatable bonds is 5. The first-order valence-electron chi connectivity index (χ1n) is 10.7.